The Kier molecular flexibility index (Phi) is 6.66. The Bertz CT molecular complexity index is 1160. The van der Waals surface area contributed by atoms with Gasteiger partial charge in [0.25, 0.3) is 0 Å². The Morgan fingerprint density at radius 1 is 0.970 bits per heavy atom. The first-order chi connectivity index (χ1) is 15.8. The highest BCUT2D eigenvalue weighted by atomic mass is 32.2. The number of fused-ring (bicyclic) bond motifs is 1. The fourth-order valence-corrected chi connectivity index (χ4v) is 5.81. The van der Waals surface area contributed by atoms with Crippen molar-refractivity contribution in [1.82, 2.24) is 4.31 Å². The van der Waals surface area contributed by atoms with E-state index < -0.39 is 16.0 Å². The lowest BCUT2D eigenvalue weighted by Crippen LogP contribution is -2.48. The third kappa shape index (κ3) is 5.01. The minimum absolute atomic E-state index is 0.0594. The Hall–Kier alpha value is -2.98. The van der Waals surface area contributed by atoms with Crippen LogP contribution in [0.25, 0.3) is 0 Å². The third-order valence-electron chi connectivity index (χ3n) is 6.08. The predicted octanol–water partition coefficient (Wildman–Crippen LogP) is 2.48. The SMILES string of the molecule is O=C(O)CCCC(=O)N1CCc2cc(S(=O)(=O)N3CCN(c4cccc(F)c4)CC3)ccc21. The van der Waals surface area contributed by atoms with Crippen LogP contribution < -0.4 is 9.80 Å². The van der Waals surface area contributed by atoms with Crippen LogP contribution in [-0.2, 0) is 26.0 Å². The molecule has 10 heteroatoms. The van der Waals surface area contributed by atoms with Gasteiger partial charge in [0.1, 0.15) is 5.82 Å². The van der Waals surface area contributed by atoms with Gasteiger partial charge in [0.2, 0.25) is 15.9 Å². The number of rotatable bonds is 7. The average Bonchev–Trinajstić information content (AvgIpc) is 3.22. The predicted molar refractivity (Wildman–Crippen MR) is 121 cm³/mol. The standard InChI is InChI=1S/C23H26FN3O5S/c24-18-3-1-4-19(16-18)25-11-13-26(14-12-25)33(31,32)20-7-8-21-17(15-20)9-10-27(21)22(28)5-2-6-23(29)30/h1,3-4,7-8,15-16H,2,5-6,9-14H2,(H,29,30). The lowest BCUT2D eigenvalue weighted by Gasteiger charge is -2.35. The second-order valence-electron chi connectivity index (χ2n) is 8.20. The first-order valence-corrected chi connectivity index (χ1v) is 12.4. The van der Waals surface area contributed by atoms with Crippen molar-refractivity contribution in [2.75, 3.05) is 42.5 Å². The lowest BCUT2D eigenvalue weighted by molar-refractivity contribution is -0.137. The van der Waals surface area contributed by atoms with Gasteiger partial charge in [-0.3, -0.25) is 9.59 Å². The highest BCUT2D eigenvalue weighted by molar-refractivity contribution is 7.89. The quantitative estimate of drug-likeness (QED) is 0.661. The van der Waals surface area contributed by atoms with Gasteiger partial charge in [-0.15, -0.1) is 0 Å². The number of carboxylic acid groups (broad SMARTS) is 1. The number of carbonyl (C=O) groups excluding carboxylic acids is 1. The van der Waals surface area contributed by atoms with Gasteiger partial charge < -0.3 is 14.9 Å². The average molecular weight is 476 g/mol. The molecule has 0 spiro atoms. The molecule has 1 saturated heterocycles. The summed E-state index contributed by atoms with van der Waals surface area (Å²) in [6.45, 7) is 1.98. The summed E-state index contributed by atoms with van der Waals surface area (Å²) in [5, 5.41) is 8.74. The molecule has 0 saturated carbocycles. The first-order valence-electron chi connectivity index (χ1n) is 10.9. The molecule has 0 bridgehead atoms. The molecule has 0 aromatic heterocycles. The number of halogens is 1. The number of sulfonamides is 1. The van der Waals surface area contributed by atoms with Crippen molar-refractivity contribution < 1.29 is 27.5 Å². The molecule has 2 aliphatic rings. The van der Waals surface area contributed by atoms with Crippen molar-refractivity contribution in [3.05, 3.63) is 53.8 Å². The number of piperazine rings is 1. The van der Waals surface area contributed by atoms with E-state index in [1.165, 1.54) is 22.5 Å². The van der Waals surface area contributed by atoms with E-state index in [0.717, 1.165) is 11.3 Å². The maximum Gasteiger partial charge on any atom is 0.303 e. The maximum atomic E-state index is 13.5. The van der Waals surface area contributed by atoms with E-state index in [4.69, 9.17) is 5.11 Å². The van der Waals surface area contributed by atoms with Gasteiger partial charge in [0.05, 0.1) is 4.90 Å². The molecule has 0 unspecified atom stereocenters. The van der Waals surface area contributed by atoms with E-state index in [1.54, 1.807) is 23.1 Å². The summed E-state index contributed by atoms with van der Waals surface area (Å²) >= 11 is 0. The fourth-order valence-electron chi connectivity index (χ4n) is 4.33. The summed E-state index contributed by atoms with van der Waals surface area (Å²) in [7, 11) is -3.69. The first kappa shape index (κ1) is 23.2. The molecule has 1 amide bonds. The highest BCUT2D eigenvalue weighted by Gasteiger charge is 2.31. The molecule has 33 heavy (non-hydrogen) atoms. The molecule has 2 aromatic carbocycles. The lowest BCUT2D eigenvalue weighted by atomic mass is 10.1. The van der Waals surface area contributed by atoms with Crippen molar-refractivity contribution in [1.29, 1.82) is 0 Å². The van der Waals surface area contributed by atoms with Gasteiger partial charge in [-0.2, -0.15) is 4.31 Å². The molecule has 0 aliphatic carbocycles. The monoisotopic (exact) mass is 475 g/mol. The van der Waals surface area contributed by atoms with E-state index in [9.17, 15) is 22.4 Å². The molecule has 8 nitrogen and oxygen atoms in total. The zero-order valence-corrected chi connectivity index (χ0v) is 18.9. The molecule has 4 rings (SSSR count). The van der Waals surface area contributed by atoms with E-state index in [0.29, 0.717) is 44.8 Å². The van der Waals surface area contributed by atoms with E-state index in [2.05, 4.69) is 0 Å². The fraction of sp³-hybridized carbons (Fsp3) is 0.391. The molecule has 1 N–H and O–H groups in total. The van der Waals surface area contributed by atoms with Gasteiger partial charge in [-0.05, 0) is 54.8 Å². The normalized spacial score (nSPS) is 16.6. The van der Waals surface area contributed by atoms with Gasteiger partial charge in [0, 0.05) is 56.9 Å². The highest BCUT2D eigenvalue weighted by Crippen LogP contribution is 2.32. The Morgan fingerprint density at radius 2 is 1.73 bits per heavy atom. The van der Waals surface area contributed by atoms with Crippen LogP contribution in [0.5, 0.6) is 0 Å². The summed E-state index contributed by atoms with van der Waals surface area (Å²) in [4.78, 5) is 26.9. The van der Waals surface area contributed by atoms with Crippen LogP contribution in [-0.4, -0.2) is 62.4 Å². The van der Waals surface area contributed by atoms with E-state index in [-0.39, 0.29) is 35.9 Å². The van der Waals surface area contributed by atoms with Crippen LogP contribution in [0.3, 0.4) is 0 Å². The van der Waals surface area contributed by atoms with E-state index in [1.807, 2.05) is 11.0 Å². The van der Waals surface area contributed by atoms with Crippen LogP contribution in [0, 0.1) is 5.82 Å². The van der Waals surface area contributed by atoms with Gasteiger partial charge in [-0.1, -0.05) is 6.07 Å². The smallest absolute Gasteiger partial charge is 0.303 e. The number of anilines is 2. The number of hydrogen-bond donors (Lipinski definition) is 1. The zero-order chi connectivity index (χ0) is 23.6. The molecular formula is C23H26FN3O5S. The molecule has 1 fully saturated rings. The molecule has 0 radical (unpaired) electrons. The maximum absolute atomic E-state index is 13.5. The van der Waals surface area contributed by atoms with Crippen LogP contribution in [0.15, 0.2) is 47.4 Å². The zero-order valence-electron chi connectivity index (χ0n) is 18.1. The minimum atomic E-state index is -3.69. The number of amides is 1. The van der Waals surface area contributed by atoms with Crippen molar-refractivity contribution in [2.45, 2.75) is 30.6 Å². The summed E-state index contributed by atoms with van der Waals surface area (Å²) in [6, 6.07) is 11.1. The van der Waals surface area contributed by atoms with Crippen LogP contribution >= 0.6 is 0 Å². The number of benzene rings is 2. The van der Waals surface area contributed by atoms with E-state index >= 15 is 0 Å². The number of aliphatic carboxylic acids is 1. The van der Waals surface area contributed by atoms with Crippen molar-refractivity contribution in [3.8, 4) is 0 Å². The van der Waals surface area contributed by atoms with Crippen molar-refractivity contribution in [2.24, 2.45) is 0 Å². The second-order valence-corrected chi connectivity index (χ2v) is 10.1. The Labute approximate surface area is 192 Å². The molecule has 0 atom stereocenters. The summed E-state index contributed by atoms with van der Waals surface area (Å²) in [5.74, 6) is -1.41. The number of carbonyl (C=O) groups is 2. The Balaban J connectivity index is 1.42. The van der Waals surface area contributed by atoms with Gasteiger partial charge in [-0.25, -0.2) is 12.8 Å². The molecule has 2 heterocycles. The molecule has 176 valence electrons. The van der Waals surface area contributed by atoms with Crippen molar-refractivity contribution >= 4 is 33.3 Å². The van der Waals surface area contributed by atoms with Gasteiger partial charge >= 0.3 is 5.97 Å². The largest absolute Gasteiger partial charge is 0.481 e. The second kappa shape index (κ2) is 9.48. The van der Waals surface area contributed by atoms with Crippen LogP contribution in [0.1, 0.15) is 24.8 Å². The number of hydrogen-bond acceptors (Lipinski definition) is 5. The van der Waals surface area contributed by atoms with Crippen LogP contribution in [0.2, 0.25) is 0 Å². The molecular weight excluding hydrogens is 449 g/mol. The minimum Gasteiger partial charge on any atom is -0.481 e. The summed E-state index contributed by atoms with van der Waals surface area (Å²) in [6.07, 6.45) is 0.905. The topological polar surface area (TPSA) is 98.2 Å². The number of carboxylic acids is 1. The van der Waals surface area contributed by atoms with Crippen LogP contribution in [0.4, 0.5) is 15.8 Å². The molecule has 2 aliphatic heterocycles. The number of nitrogens with zero attached hydrogens (tertiary/aromatic N) is 3. The summed E-state index contributed by atoms with van der Waals surface area (Å²) in [5.41, 5.74) is 2.21. The third-order valence-corrected chi connectivity index (χ3v) is 7.97. The van der Waals surface area contributed by atoms with Gasteiger partial charge in [0.15, 0.2) is 0 Å². The summed E-state index contributed by atoms with van der Waals surface area (Å²) < 4.78 is 41.4. The molecule has 2 aromatic rings. The van der Waals surface area contributed by atoms with Crippen molar-refractivity contribution in [3.63, 3.8) is 0 Å². The Morgan fingerprint density at radius 3 is 2.42 bits per heavy atom.